The first-order chi connectivity index (χ1) is 9.10. The van der Waals surface area contributed by atoms with E-state index in [-0.39, 0.29) is 6.04 Å². The first kappa shape index (κ1) is 14.1. The topological polar surface area (TPSA) is 47.0 Å². The van der Waals surface area contributed by atoms with Crippen molar-refractivity contribution in [2.75, 3.05) is 12.4 Å². The molecule has 19 heavy (non-hydrogen) atoms. The van der Waals surface area contributed by atoms with Crippen LogP contribution in [-0.4, -0.2) is 23.1 Å². The maximum atomic E-state index is 5.96. The van der Waals surface area contributed by atoms with Crippen molar-refractivity contribution in [2.24, 2.45) is 0 Å². The molecule has 6 heteroatoms. The van der Waals surface area contributed by atoms with E-state index in [0.29, 0.717) is 16.7 Å². The minimum atomic E-state index is 0.234. The van der Waals surface area contributed by atoms with Gasteiger partial charge in [-0.15, -0.1) is 11.3 Å². The van der Waals surface area contributed by atoms with Gasteiger partial charge in [0.05, 0.1) is 7.11 Å². The minimum absolute atomic E-state index is 0.234. The molecule has 2 heterocycles. The van der Waals surface area contributed by atoms with E-state index >= 15 is 0 Å². The standard InChI is InChI=1S/C13H16ClN3OS/c1-8(6-10-5-4-9(2)19-10)17-13-11(18-3)12(14)15-7-16-13/h4-5,7-8H,6H2,1-3H3,(H,15,16,17). The average molecular weight is 298 g/mol. The van der Waals surface area contributed by atoms with Gasteiger partial charge in [0.1, 0.15) is 6.33 Å². The van der Waals surface area contributed by atoms with Crippen LogP contribution in [0.1, 0.15) is 16.7 Å². The summed E-state index contributed by atoms with van der Waals surface area (Å²) in [5, 5.41) is 3.62. The van der Waals surface area contributed by atoms with E-state index in [9.17, 15) is 0 Å². The van der Waals surface area contributed by atoms with E-state index in [1.165, 1.54) is 16.1 Å². The number of hydrogen-bond donors (Lipinski definition) is 1. The molecule has 2 rings (SSSR count). The van der Waals surface area contributed by atoms with Crippen LogP contribution in [-0.2, 0) is 6.42 Å². The van der Waals surface area contributed by atoms with Crippen LogP contribution >= 0.6 is 22.9 Å². The second-order valence-electron chi connectivity index (χ2n) is 4.31. The number of nitrogens with zero attached hydrogens (tertiary/aromatic N) is 2. The summed E-state index contributed by atoms with van der Waals surface area (Å²) in [6, 6.07) is 4.52. The van der Waals surface area contributed by atoms with Crippen molar-refractivity contribution in [3.05, 3.63) is 33.4 Å². The Morgan fingerprint density at radius 1 is 1.42 bits per heavy atom. The zero-order chi connectivity index (χ0) is 13.8. The number of rotatable bonds is 5. The molecule has 0 saturated carbocycles. The highest BCUT2D eigenvalue weighted by molar-refractivity contribution is 7.11. The molecule has 102 valence electrons. The largest absolute Gasteiger partial charge is 0.490 e. The quantitative estimate of drug-likeness (QED) is 0.857. The van der Waals surface area contributed by atoms with Crippen LogP contribution in [0.3, 0.4) is 0 Å². The van der Waals surface area contributed by atoms with E-state index in [0.717, 1.165) is 6.42 Å². The lowest BCUT2D eigenvalue weighted by molar-refractivity contribution is 0.412. The molecule has 4 nitrogen and oxygen atoms in total. The van der Waals surface area contributed by atoms with Crippen molar-refractivity contribution in [1.82, 2.24) is 9.97 Å². The van der Waals surface area contributed by atoms with Crippen LogP contribution in [0.25, 0.3) is 0 Å². The van der Waals surface area contributed by atoms with Gasteiger partial charge in [0.25, 0.3) is 0 Å². The Hall–Kier alpha value is -1.33. The third-order valence-corrected chi connectivity index (χ3v) is 3.94. The van der Waals surface area contributed by atoms with Gasteiger partial charge in [0.15, 0.2) is 16.7 Å². The first-order valence-corrected chi connectivity index (χ1v) is 7.16. The van der Waals surface area contributed by atoms with E-state index < -0.39 is 0 Å². The number of hydrogen-bond acceptors (Lipinski definition) is 5. The SMILES string of the molecule is COc1c(Cl)ncnc1NC(C)Cc1ccc(C)s1. The van der Waals surface area contributed by atoms with E-state index in [2.05, 4.69) is 41.3 Å². The summed E-state index contributed by atoms with van der Waals surface area (Å²) in [5.74, 6) is 1.11. The molecule has 0 aliphatic rings. The molecule has 0 aliphatic heterocycles. The normalized spacial score (nSPS) is 12.2. The third kappa shape index (κ3) is 3.58. The second-order valence-corrected chi connectivity index (χ2v) is 6.04. The lowest BCUT2D eigenvalue weighted by Gasteiger charge is -2.16. The summed E-state index contributed by atoms with van der Waals surface area (Å²) >= 11 is 7.77. The zero-order valence-electron chi connectivity index (χ0n) is 11.1. The summed E-state index contributed by atoms with van der Waals surface area (Å²) in [7, 11) is 1.56. The Morgan fingerprint density at radius 3 is 2.84 bits per heavy atom. The molecular formula is C13H16ClN3OS. The maximum absolute atomic E-state index is 5.96. The average Bonchev–Trinajstić information content (AvgIpc) is 2.75. The fourth-order valence-corrected chi connectivity index (χ4v) is 3.05. The van der Waals surface area contributed by atoms with Gasteiger partial charge in [-0.05, 0) is 26.0 Å². The fraction of sp³-hybridized carbons (Fsp3) is 0.385. The van der Waals surface area contributed by atoms with Crippen molar-refractivity contribution in [3.63, 3.8) is 0 Å². The number of anilines is 1. The van der Waals surface area contributed by atoms with Crippen LogP contribution in [0.2, 0.25) is 5.15 Å². The van der Waals surface area contributed by atoms with Crippen LogP contribution in [0.4, 0.5) is 5.82 Å². The number of ether oxygens (including phenoxy) is 1. The Bertz CT molecular complexity index is 559. The molecule has 2 aromatic heterocycles. The summed E-state index contributed by atoms with van der Waals surface area (Å²) in [4.78, 5) is 10.7. The van der Waals surface area contributed by atoms with Crippen molar-refractivity contribution >= 4 is 28.8 Å². The van der Waals surface area contributed by atoms with Crippen molar-refractivity contribution in [3.8, 4) is 5.75 Å². The molecule has 1 atom stereocenters. The number of halogens is 1. The third-order valence-electron chi connectivity index (χ3n) is 2.65. The van der Waals surface area contributed by atoms with Gasteiger partial charge in [0.2, 0.25) is 0 Å². The number of nitrogens with one attached hydrogen (secondary N) is 1. The predicted molar refractivity (Wildman–Crippen MR) is 79.4 cm³/mol. The number of aryl methyl sites for hydroxylation is 1. The number of methoxy groups -OCH3 is 1. The molecule has 0 aromatic carbocycles. The van der Waals surface area contributed by atoms with Crippen molar-refractivity contribution in [2.45, 2.75) is 26.3 Å². The van der Waals surface area contributed by atoms with Crippen LogP contribution in [0.15, 0.2) is 18.5 Å². The number of aromatic nitrogens is 2. The highest BCUT2D eigenvalue weighted by atomic mass is 35.5. The Kier molecular flexibility index (Phi) is 4.61. The van der Waals surface area contributed by atoms with E-state index in [1.807, 2.05) is 11.3 Å². The van der Waals surface area contributed by atoms with E-state index in [1.54, 1.807) is 7.11 Å². The fourth-order valence-electron chi connectivity index (χ4n) is 1.82. The molecule has 0 aliphatic carbocycles. The molecule has 2 aromatic rings. The predicted octanol–water partition coefficient (Wildman–Crippen LogP) is 3.55. The van der Waals surface area contributed by atoms with Gasteiger partial charge in [-0.1, -0.05) is 11.6 Å². The van der Waals surface area contributed by atoms with Crippen LogP contribution in [0.5, 0.6) is 5.75 Å². The van der Waals surface area contributed by atoms with Gasteiger partial charge < -0.3 is 10.1 Å². The monoisotopic (exact) mass is 297 g/mol. The molecule has 0 amide bonds. The van der Waals surface area contributed by atoms with Crippen LogP contribution in [0, 0.1) is 6.92 Å². The lowest BCUT2D eigenvalue weighted by atomic mass is 10.2. The maximum Gasteiger partial charge on any atom is 0.198 e. The lowest BCUT2D eigenvalue weighted by Crippen LogP contribution is -2.19. The molecule has 0 radical (unpaired) electrons. The summed E-state index contributed by atoms with van der Waals surface area (Å²) in [6.07, 6.45) is 2.36. The molecule has 0 bridgehead atoms. The summed E-state index contributed by atoms with van der Waals surface area (Å²) in [5.41, 5.74) is 0. The number of thiophene rings is 1. The first-order valence-electron chi connectivity index (χ1n) is 5.96. The highest BCUT2D eigenvalue weighted by Crippen LogP contribution is 2.29. The van der Waals surface area contributed by atoms with Crippen molar-refractivity contribution < 1.29 is 4.74 Å². The highest BCUT2D eigenvalue weighted by Gasteiger charge is 2.13. The molecule has 0 fully saturated rings. The van der Waals surface area contributed by atoms with Gasteiger partial charge in [-0.2, -0.15) is 0 Å². The Morgan fingerprint density at radius 2 is 2.21 bits per heavy atom. The van der Waals surface area contributed by atoms with Crippen molar-refractivity contribution in [1.29, 1.82) is 0 Å². The van der Waals surface area contributed by atoms with Crippen LogP contribution < -0.4 is 10.1 Å². The van der Waals surface area contributed by atoms with Gasteiger partial charge in [-0.25, -0.2) is 9.97 Å². The molecular weight excluding hydrogens is 282 g/mol. The summed E-state index contributed by atoms with van der Waals surface area (Å²) < 4.78 is 5.21. The Balaban J connectivity index is 2.06. The molecule has 1 unspecified atom stereocenters. The Labute approximate surface area is 121 Å². The van der Waals surface area contributed by atoms with Gasteiger partial charge >= 0.3 is 0 Å². The smallest absolute Gasteiger partial charge is 0.198 e. The second kappa shape index (κ2) is 6.21. The summed E-state index contributed by atoms with van der Waals surface area (Å²) in [6.45, 7) is 4.21. The molecule has 0 saturated heterocycles. The minimum Gasteiger partial charge on any atom is -0.490 e. The molecule has 0 spiro atoms. The molecule has 1 N–H and O–H groups in total. The van der Waals surface area contributed by atoms with Gasteiger partial charge in [0, 0.05) is 22.2 Å². The van der Waals surface area contributed by atoms with E-state index in [4.69, 9.17) is 16.3 Å². The van der Waals surface area contributed by atoms with Gasteiger partial charge in [-0.3, -0.25) is 0 Å². The zero-order valence-corrected chi connectivity index (χ0v) is 12.7.